The van der Waals surface area contributed by atoms with Crippen LogP contribution in [0.1, 0.15) is 25.7 Å². The van der Waals surface area contributed by atoms with Gasteiger partial charge in [0, 0.05) is 16.9 Å². The molecule has 1 fully saturated rings. The number of hydrogen-bond acceptors (Lipinski definition) is 4. The summed E-state index contributed by atoms with van der Waals surface area (Å²) >= 11 is 0. The molecule has 28 heavy (non-hydrogen) atoms. The van der Waals surface area contributed by atoms with E-state index >= 15 is 0 Å². The third-order valence-corrected chi connectivity index (χ3v) is 4.76. The van der Waals surface area contributed by atoms with E-state index in [0.29, 0.717) is 17.4 Å². The van der Waals surface area contributed by atoms with Crippen molar-refractivity contribution in [1.82, 2.24) is 4.98 Å². The van der Waals surface area contributed by atoms with Crippen LogP contribution in [0.25, 0.3) is 11.3 Å². The molecule has 1 aliphatic carbocycles. The number of aromatic nitrogens is 1. The van der Waals surface area contributed by atoms with Crippen molar-refractivity contribution in [3.8, 4) is 11.3 Å². The smallest absolute Gasteiger partial charge is 0.247 e. The Bertz CT molecular complexity index is 913. The first-order chi connectivity index (χ1) is 13.5. The molecule has 1 saturated carbocycles. The van der Waals surface area contributed by atoms with Gasteiger partial charge in [0.25, 0.3) is 0 Å². The monoisotopic (exact) mass is 375 g/mol. The number of amides is 1. The lowest BCUT2D eigenvalue weighted by Gasteiger charge is -2.11. The lowest BCUT2D eigenvalue weighted by molar-refractivity contribution is -0.111. The first-order valence-electron chi connectivity index (χ1n) is 9.38. The maximum Gasteiger partial charge on any atom is 0.247 e. The van der Waals surface area contributed by atoms with Crippen LogP contribution in [0.4, 0.5) is 11.5 Å². The molecule has 0 saturated heterocycles. The van der Waals surface area contributed by atoms with Crippen LogP contribution in [0.3, 0.4) is 0 Å². The number of anilines is 2. The maximum absolute atomic E-state index is 11.5. The molecule has 0 aliphatic heterocycles. The third-order valence-electron chi connectivity index (χ3n) is 4.76. The molecule has 0 unspecified atom stereocenters. The minimum Gasteiger partial charge on any atom is -0.402 e. The number of pyridine rings is 1. The van der Waals surface area contributed by atoms with E-state index in [1.807, 2.05) is 30.3 Å². The number of hydrogen-bond donors (Lipinski definition) is 4. The summed E-state index contributed by atoms with van der Waals surface area (Å²) in [5.41, 5.74) is 9.17. The van der Waals surface area contributed by atoms with Crippen molar-refractivity contribution in [2.45, 2.75) is 25.7 Å². The molecule has 1 amide bonds. The quantitative estimate of drug-likeness (QED) is 0.343. The normalized spacial score (nSPS) is 14.5. The van der Waals surface area contributed by atoms with E-state index in [4.69, 9.17) is 11.1 Å². The molecule has 0 spiro atoms. The van der Waals surface area contributed by atoms with Gasteiger partial charge in [0.05, 0.1) is 5.69 Å². The molecule has 1 aromatic heterocycles. The molecule has 1 aromatic carbocycles. The number of amidine groups is 1. The van der Waals surface area contributed by atoms with Gasteiger partial charge in [0.2, 0.25) is 5.91 Å². The van der Waals surface area contributed by atoms with Crippen molar-refractivity contribution >= 4 is 23.2 Å². The van der Waals surface area contributed by atoms with Gasteiger partial charge in [-0.3, -0.25) is 10.2 Å². The van der Waals surface area contributed by atoms with Crippen LogP contribution in [-0.2, 0) is 4.79 Å². The molecule has 1 heterocycles. The number of nitrogens with one attached hydrogen (secondary N) is 3. The Kier molecular flexibility index (Phi) is 6.22. The Labute approximate surface area is 165 Å². The lowest BCUT2D eigenvalue weighted by atomic mass is 10.0. The topological polar surface area (TPSA) is 104 Å². The first-order valence-corrected chi connectivity index (χ1v) is 9.38. The van der Waals surface area contributed by atoms with Crippen LogP contribution in [0, 0.1) is 11.3 Å². The summed E-state index contributed by atoms with van der Waals surface area (Å²) in [6, 6.07) is 13.0. The minimum absolute atomic E-state index is 0.223. The van der Waals surface area contributed by atoms with E-state index in [-0.39, 0.29) is 11.7 Å². The van der Waals surface area contributed by atoms with Crippen LogP contribution in [-0.4, -0.2) is 16.7 Å². The van der Waals surface area contributed by atoms with Crippen molar-refractivity contribution in [1.29, 1.82) is 5.41 Å². The van der Waals surface area contributed by atoms with E-state index in [1.54, 1.807) is 18.2 Å². The highest BCUT2D eigenvalue weighted by Gasteiger charge is 2.17. The molecule has 5 N–H and O–H groups in total. The molecule has 0 radical (unpaired) electrons. The summed E-state index contributed by atoms with van der Waals surface area (Å²) in [6.07, 6.45) is 7.53. The molecular formula is C22H25N5O. The van der Waals surface area contributed by atoms with Gasteiger partial charge in [0.1, 0.15) is 11.7 Å². The molecule has 6 heteroatoms. The summed E-state index contributed by atoms with van der Waals surface area (Å²) < 4.78 is 0. The Morgan fingerprint density at radius 1 is 1.18 bits per heavy atom. The third kappa shape index (κ3) is 5.07. The fourth-order valence-corrected chi connectivity index (χ4v) is 3.33. The molecule has 3 rings (SSSR count). The number of benzene rings is 1. The van der Waals surface area contributed by atoms with Crippen LogP contribution >= 0.6 is 0 Å². The Hall–Kier alpha value is -3.41. The van der Waals surface area contributed by atoms with Crippen LogP contribution in [0.15, 0.2) is 66.9 Å². The van der Waals surface area contributed by atoms with Gasteiger partial charge in [-0.15, -0.1) is 0 Å². The lowest BCUT2D eigenvalue weighted by Crippen LogP contribution is -2.15. The molecule has 1 aliphatic rings. The predicted molar refractivity (Wildman–Crippen MR) is 114 cm³/mol. The maximum atomic E-state index is 11.5. The Balaban J connectivity index is 1.72. The SMILES string of the molecule is C=CC(=O)Nc1cccc(-c2cccc(NC(=N)/C=C(\N)C3CCCC3)n2)c1. The molecular weight excluding hydrogens is 350 g/mol. The van der Waals surface area contributed by atoms with E-state index < -0.39 is 0 Å². The first kappa shape index (κ1) is 19.4. The van der Waals surface area contributed by atoms with E-state index in [0.717, 1.165) is 29.8 Å². The standard InChI is InChI=1S/C22H25N5O/c1-2-22(28)25-17-10-5-9-16(13-17)19-11-6-12-21(26-19)27-20(24)14-18(23)15-7-3-4-8-15/h2,5-6,9-15H,1,3-4,7-8,23H2,(H,25,28)(H2,24,26,27)/b18-14-. The summed E-state index contributed by atoms with van der Waals surface area (Å²) in [5, 5.41) is 13.9. The summed E-state index contributed by atoms with van der Waals surface area (Å²) in [4.78, 5) is 16.1. The van der Waals surface area contributed by atoms with Crippen molar-refractivity contribution in [2.75, 3.05) is 10.6 Å². The summed E-state index contributed by atoms with van der Waals surface area (Å²) in [5.74, 6) is 0.912. The van der Waals surface area contributed by atoms with Crippen molar-refractivity contribution in [3.05, 3.63) is 66.9 Å². The van der Waals surface area contributed by atoms with E-state index in [9.17, 15) is 4.79 Å². The highest BCUT2D eigenvalue weighted by molar-refractivity contribution is 6.01. The minimum atomic E-state index is -0.263. The second-order valence-corrected chi connectivity index (χ2v) is 6.85. The molecule has 144 valence electrons. The van der Waals surface area contributed by atoms with Gasteiger partial charge in [-0.05, 0) is 55.2 Å². The van der Waals surface area contributed by atoms with E-state index in [2.05, 4.69) is 22.2 Å². The second kappa shape index (κ2) is 8.99. The van der Waals surface area contributed by atoms with Crippen molar-refractivity contribution in [2.24, 2.45) is 11.7 Å². The van der Waals surface area contributed by atoms with Gasteiger partial charge < -0.3 is 16.4 Å². The number of nitrogens with two attached hydrogens (primary N) is 1. The summed E-state index contributed by atoms with van der Waals surface area (Å²) in [7, 11) is 0. The molecule has 0 bridgehead atoms. The van der Waals surface area contributed by atoms with Crippen LogP contribution in [0.5, 0.6) is 0 Å². The number of allylic oxidation sites excluding steroid dienone is 1. The number of nitrogens with zero attached hydrogens (tertiary/aromatic N) is 1. The van der Waals surface area contributed by atoms with Crippen molar-refractivity contribution in [3.63, 3.8) is 0 Å². The predicted octanol–water partition coefficient (Wildman–Crippen LogP) is 4.30. The van der Waals surface area contributed by atoms with Crippen LogP contribution in [0.2, 0.25) is 0 Å². The second-order valence-electron chi connectivity index (χ2n) is 6.85. The van der Waals surface area contributed by atoms with Crippen LogP contribution < -0.4 is 16.4 Å². The van der Waals surface area contributed by atoms with Gasteiger partial charge in [-0.25, -0.2) is 4.98 Å². The van der Waals surface area contributed by atoms with E-state index in [1.165, 1.54) is 18.9 Å². The van der Waals surface area contributed by atoms with Gasteiger partial charge in [0.15, 0.2) is 0 Å². The molecule has 0 atom stereocenters. The highest BCUT2D eigenvalue weighted by Crippen LogP contribution is 2.28. The Morgan fingerprint density at radius 2 is 1.93 bits per heavy atom. The highest BCUT2D eigenvalue weighted by atomic mass is 16.1. The van der Waals surface area contributed by atoms with Gasteiger partial charge >= 0.3 is 0 Å². The molecule has 2 aromatic rings. The Morgan fingerprint density at radius 3 is 2.68 bits per heavy atom. The molecule has 6 nitrogen and oxygen atoms in total. The number of rotatable bonds is 6. The largest absolute Gasteiger partial charge is 0.402 e. The fraction of sp³-hybridized carbons (Fsp3) is 0.227. The zero-order valence-corrected chi connectivity index (χ0v) is 15.7. The fourth-order valence-electron chi connectivity index (χ4n) is 3.33. The van der Waals surface area contributed by atoms with Gasteiger partial charge in [-0.1, -0.05) is 37.6 Å². The number of carbonyl (C=O) groups excluding carboxylic acids is 1. The average molecular weight is 375 g/mol. The number of carbonyl (C=O) groups is 1. The van der Waals surface area contributed by atoms with Crippen molar-refractivity contribution < 1.29 is 4.79 Å². The zero-order valence-electron chi connectivity index (χ0n) is 15.7. The summed E-state index contributed by atoms with van der Waals surface area (Å²) in [6.45, 7) is 3.46. The zero-order chi connectivity index (χ0) is 19.9. The average Bonchev–Trinajstić information content (AvgIpc) is 3.23. The van der Waals surface area contributed by atoms with Gasteiger partial charge in [-0.2, -0.15) is 0 Å².